The van der Waals surface area contributed by atoms with Gasteiger partial charge in [-0.15, -0.1) is 0 Å². The molecule has 0 saturated heterocycles. The van der Waals surface area contributed by atoms with Gasteiger partial charge in [0.15, 0.2) is 11.5 Å². The van der Waals surface area contributed by atoms with Gasteiger partial charge in [-0.1, -0.05) is 13.0 Å². The maximum absolute atomic E-state index is 10.4. The molecular formula is C18H24O3. The molecule has 3 heteroatoms. The zero-order chi connectivity index (χ0) is 14.8. The molecule has 0 heterocycles. The van der Waals surface area contributed by atoms with Gasteiger partial charge < -0.3 is 15.3 Å². The molecule has 3 aliphatic carbocycles. The second-order valence-electron chi connectivity index (χ2n) is 7.55. The average molecular weight is 288 g/mol. The molecule has 0 aromatic heterocycles. The molecular weight excluding hydrogens is 264 g/mol. The van der Waals surface area contributed by atoms with Crippen LogP contribution >= 0.6 is 0 Å². The molecule has 0 aliphatic heterocycles. The van der Waals surface area contributed by atoms with Crippen LogP contribution in [0.3, 0.4) is 0 Å². The normalized spacial score (nSPS) is 41.2. The second-order valence-corrected chi connectivity index (χ2v) is 7.55. The Labute approximate surface area is 125 Å². The van der Waals surface area contributed by atoms with E-state index in [0.717, 1.165) is 44.1 Å². The lowest BCUT2D eigenvalue weighted by atomic mass is 9.55. The third-order valence-electron chi connectivity index (χ3n) is 6.81. The summed E-state index contributed by atoms with van der Waals surface area (Å²) in [7, 11) is 0. The molecule has 0 amide bonds. The third kappa shape index (κ3) is 1.70. The molecule has 4 rings (SSSR count). The highest BCUT2D eigenvalue weighted by atomic mass is 16.3. The Bertz CT molecular complexity index is 582. The number of phenols is 2. The van der Waals surface area contributed by atoms with Crippen LogP contribution in [0.2, 0.25) is 0 Å². The molecule has 5 atom stereocenters. The van der Waals surface area contributed by atoms with Crippen molar-refractivity contribution in [2.24, 2.45) is 17.3 Å². The predicted octanol–water partition coefficient (Wildman–Crippen LogP) is 3.31. The fraction of sp³-hybridized carbons (Fsp3) is 0.667. The maximum atomic E-state index is 10.4. The Balaban J connectivity index is 1.74. The maximum Gasteiger partial charge on any atom is 0.160 e. The third-order valence-corrected chi connectivity index (χ3v) is 6.81. The van der Waals surface area contributed by atoms with Gasteiger partial charge in [0.05, 0.1) is 6.10 Å². The van der Waals surface area contributed by atoms with E-state index in [-0.39, 0.29) is 23.0 Å². The van der Waals surface area contributed by atoms with Crippen LogP contribution in [-0.2, 0) is 6.42 Å². The van der Waals surface area contributed by atoms with Crippen LogP contribution in [0.5, 0.6) is 11.5 Å². The Morgan fingerprint density at radius 2 is 1.90 bits per heavy atom. The van der Waals surface area contributed by atoms with Crippen LogP contribution in [0.15, 0.2) is 12.1 Å². The number of hydrogen-bond donors (Lipinski definition) is 3. The van der Waals surface area contributed by atoms with Gasteiger partial charge >= 0.3 is 0 Å². The van der Waals surface area contributed by atoms with Gasteiger partial charge in [0.1, 0.15) is 0 Å². The van der Waals surface area contributed by atoms with Gasteiger partial charge in [-0.25, -0.2) is 0 Å². The summed E-state index contributed by atoms with van der Waals surface area (Å²) >= 11 is 0. The largest absolute Gasteiger partial charge is 0.504 e. The molecule has 1 aromatic carbocycles. The SMILES string of the molecule is C[C@]12CCC3c4ccc(O)c(O)c4CCC3C1CCC2O. The van der Waals surface area contributed by atoms with E-state index in [0.29, 0.717) is 17.8 Å². The van der Waals surface area contributed by atoms with Crippen molar-refractivity contribution in [2.45, 2.75) is 57.5 Å². The molecule has 21 heavy (non-hydrogen) atoms. The van der Waals surface area contributed by atoms with Crippen LogP contribution in [0.1, 0.15) is 56.1 Å². The van der Waals surface area contributed by atoms with Gasteiger partial charge in [-0.2, -0.15) is 0 Å². The van der Waals surface area contributed by atoms with E-state index in [1.807, 2.05) is 6.07 Å². The first-order chi connectivity index (χ1) is 10.0. The zero-order valence-electron chi connectivity index (χ0n) is 12.5. The van der Waals surface area contributed by atoms with Crippen molar-refractivity contribution in [3.05, 3.63) is 23.3 Å². The first kappa shape index (κ1) is 13.4. The zero-order valence-corrected chi connectivity index (χ0v) is 12.5. The summed E-state index contributed by atoms with van der Waals surface area (Å²) < 4.78 is 0. The first-order valence-corrected chi connectivity index (χ1v) is 8.24. The van der Waals surface area contributed by atoms with E-state index in [2.05, 4.69) is 6.92 Å². The molecule has 4 unspecified atom stereocenters. The van der Waals surface area contributed by atoms with E-state index in [9.17, 15) is 15.3 Å². The number of aliphatic hydroxyl groups is 1. The highest BCUT2D eigenvalue weighted by Crippen LogP contribution is 2.61. The molecule has 2 fully saturated rings. The summed E-state index contributed by atoms with van der Waals surface area (Å²) in [4.78, 5) is 0. The molecule has 3 nitrogen and oxygen atoms in total. The fourth-order valence-corrected chi connectivity index (χ4v) is 5.61. The van der Waals surface area contributed by atoms with Crippen molar-refractivity contribution in [3.8, 4) is 11.5 Å². The summed E-state index contributed by atoms with van der Waals surface area (Å²) in [6.07, 6.45) is 6.02. The standard InChI is InChI=1S/C18H24O3/c1-18-9-8-11-10-4-6-15(19)17(21)13(10)3-2-12(11)14(18)5-7-16(18)20/h4,6,11-12,14,16,19-21H,2-3,5,7-9H2,1H3/t11?,12?,14?,16?,18-/m0/s1. The fourth-order valence-electron chi connectivity index (χ4n) is 5.61. The van der Waals surface area contributed by atoms with Gasteiger partial charge in [0.2, 0.25) is 0 Å². The van der Waals surface area contributed by atoms with Crippen LogP contribution in [0.25, 0.3) is 0 Å². The van der Waals surface area contributed by atoms with Crippen LogP contribution in [0.4, 0.5) is 0 Å². The minimum absolute atomic E-state index is 0.00383. The Morgan fingerprint density at radius 3 is 2.71 bits per heavy atom. The molecule has 0 spiro atoms. The number of aromatic hydroxyl groups is 2. The topological polar surface area (TPSA) is 60.7 Å². The Hall–Kier alpha value is -1.22. The number of benzene rings is 1. The highest BCUT2D eigenvalue weighted by Gasteiger charge is 2.54. The number of rotatable bonds is 0. The number of aliphatic hydroxyl groups excluding tert-OH is 1. The minimum atomic E-state index is -0.141. The lowest BCUT2D eigenvalue weighted by molar-refractivity contribution is -0.0227. The van der Waals surface area contributed by atoms with Crippen molar-refractivity contribution < 1.29 is 15.3 Å². The second kappa shape index (κ2) is 4.39. The van der Waals surface area contributed by atoms with E-state index in [1.54, 1.807) is 6.07 Å². The van der Waals surface area contributed by atoms with Crippen molar-refractivity contribution in [3.63, 3.8) is 0 Å². The van der Waals surface area contributed by atoms with Gasteiger partial charge in [0, 0.05) is 5.56 Å². The highest BCUT2D eigenvalue weighted by molar-refractivity contribution is 5.51. The minimum Gasteiger partial charge on any atom is -0.504 e. The van der Waals surface area contributed by atoms with Crippen LogP contribution < -0.4 is 0 Å². The van der Waals surface area contributed by atoms with E-state index in [4.69, 9.17) is 0 Å². The summed E-state index contributed by atoms with van der Waals surface area (Å²) in [5, 5.41) is 30.2. The van der Waals surface area contributed by atoms with Crippen molar-refractivity contribution in [1.82, 2.24) is 0 Å². The van der Waals surface area contributed by atoms with Gasteiger partial charge in [-0.3, -0.25) is 0 Å². The summed E-state index contributed by atoms with van der Waals surface area (Å²) in [5.74, 6) is 1.81. The molecule has 1 aromatic rings. The van der Waals surface area contributed by atoms with Crippen molar-refractivity contribution >= 4 is 0 Å². The Kier molecular flexibility index (Phi) is 2.81. The molecule has 3 N–H and O–H groups in total. The van der Waals surface area contributed by atoms with Gasteiger partial charge in [-0.05, 0) is 73.3 Å². The van der Waals surface area contributed by atoms with E-state index in [1.165, 1.54) is 5.56 Å². The van der Waals surface area contributed by atoms with Crippen LogP contribution in [-0.4, -0.2) is 21.4 Å². The average Bonchev–Trinajstić information content (AvgIpc) is 2.78. The molecule has 2 saturated carbocycles. The van der Waals surface area contributed by atoms with Crippen molar-refractivity contribution in [1.29, 1.82) is 0 Å². The molecule has 3 aliphatic rings. The number of hydrogen-bond acceptors (Lipinski definition) is 3. The van der Waals surface area contributed by atoms with Crippen LogP contribution in [0, 0.1) is 17.3 Å². The number of fused-ring (bicyclic) bond motifs is 5. The molecule has 0 bridgehead atoms. The summed E-state index contributed by atoms with van der Waals surface area (Å²) in [5.41, 5.74) is 2.29. The van der Waals surface area contributed by atoms with E-state index >= 15 is 0 Å². The molecule has 0 radical (unpaired) electrons. The van der Waals surface area contributed by atoms with Gasteiger partial charge in [0.25, 0.3) is 0 Å². The Morgan fingerprint density at radius 1 is 1.10 bits per heavy atom. The molecule has 114 valence electrons. The quantitative estimate of drug-likeness (QED) is 0.642. The van der Waals surface area contributed by atoms with E-state index < -0.39 is 0 Å². The first-order valence-electron chi connectivity index (χ1n) is 8.24. The lowest BCUT2D eigenvalue weighted by Gasteiger charge is -2.50. The monoisotopic (exact) mass is 288 g/mol. The summed E-state index contributed by atoms with van der Waals surface area (Å²) in [6, 6.07) is 3.64. The predicted molar refractivity (Wildman–Crippen MR) is 80.4 cm³/mol. The number of phenolic OH excluding ortho intramolecular Hbond substituents is 2. The lowest BCUT2D eigenvalue weighted by Crippen LogP contribution is -2.43. The summed E-state index contributed by atoms with van der Waals surface area (Å²) in [6.45, 7) is 2.27. The smallest absolute Gasteiger partial charge is 0.160 e. The van der Waals surface area contributed by atoms with Crippen molar-refractivity contribution in [2.75, 3.05) is 0 Å².